The van der Waals surface area contributed by atoms with Crippen LogP contribution in [0.2, 0.25) is 0 Å². The lowest BCUT2D eigenvalue weighted by molar-refractivity contribution is 0.199. The van der Waals surface area contributed by atoms with Crippen LogP contribution in [0, 0.1) is 6.92 Å². The van der Waals surface area contributed by atoms with Crippen LogP contribution >= 0.6 is 0 Å². The van der Waals surface area contributed by atoms with Crippen molar-refractivity contribution in [2.75, 3.05) is 19.7 Å². The third-order valence-corrected chi connectivity index (χ3v) is 5.83. The SMILES string of the molecule is Cc1cccc(OCCc2noc(C3CCN(C(=O)NC4CCCCC4)C3)n2)c1. The Kier molecular flexibility index (Phi) is 6.32. The van der Waals surface area contributed by atoms with Crippen molar-refractivity contribution in [1.82, 2.24) is 20.4 Å². The summed E-state index contributed by atoms with van der Waals surface area (Å²) in [6.45, 7) is 3.92. The second kappa shape index (κ2) is 9.29. The average Bonchev–Trinajstić information content (AvgIpc) is 3.38. The summed E-state index contributed by atoms with van der Waals surface area (Å²) in [4.78, 5) is 18.9. The predicted molar refractivity (Wildman–Crippen MR) is 109 cm³/mol. The van der Waals surface area contributed by atoms with E-state index in [1.165, 1.54) is 24.8 Å². The first-order chi connectivity index (χ1) is 14.2. The van der Waals surface area contributed by atoms with Gasteiger partial charge in [0.05, 0.1) is 12.5 Å². The van der Waals surface area contributed by atoms with Gasteiger partial charge < -0.3 is 19.5 Å². The smallest absolute Gasteiger partial charge is 0.317 e. The van der Waals surface area contributed by atoms with Gasteiger partial charge in [0.25, 0.3) is 0 Å². The van der Waals surface area contributed by atoms with E-state index in [1.807, 2.05) is 36.1 Å². The van der Waals surface area contributed by atoms with Crippen molar-refractivity contribution in [1.29, 1.82) is 0 Å². The van der Waals surface area contributed by atoms with Crippen LogP contribution in [0.15, 0.2) is 28.8 Å². The van der Waals surface area contributed by atoms with Crippen LogP contribution in [-0.2, 0) is 6.42 Å². The first kappa shape index (κ1) is 19.7. The monoisotopic (exact) mass is 398 g/mol. The minimum atomic E-state index is 0.0469. The van der Waals surface area contributed by atoms with Gasteiger partial charge in [0.1, 0.15) is 5.75 Å². The van der Waals surface area contributed by atoms with Gasteiger partial charge >= 0.3 is 6.03 Å². The number of ether oxygens (including phenoxy) is 1. The van der Waals surface area contributed by atoms with Crippen molar-refractivity contribution in [2.24, 2.45) is 0 Å². The van der Waals surface area contributed by atoms with Crippen LogP contribution < -0.4 is 10.1 Å². The topological polar surface area (TPSA) is 80.5 Å². The summed E-state index contributed by atoms with van der Waals surface area (Å²) in [5, 5.41) is 7.28. The number of amides is 2. The fourth-order valence-corrected chi connectivity index (χ4v) is 4.16. The van der Waals surface area contributed by atoms with Gasteiger partial charge in [-0.3, -0.25) is 0 Å². The Hall–Kier alpha value is -2.57. The summed E-state index contributed by atoms with van der Waals surface area (Å²) < 4.78 is 11.2. The summed E-state index contributed by atoms with van der Waals surface area (Å²) in [7, 11) is 0. The van der Waals surface area contributed by atoms with Crippen molar-refractivity contribution in [3.05, 3.63) is 41.5 Å². The van der Waals surface area contributed by atoms with Gasteiger partial charge in [-0.15, -0.1) is 0 Å². The van der Waals surface area contributed by atoms with E-state index in [9.17, 15) is 4.79 Å². The zero-order valence-corrected chi connectivity index (χ0v) is 17.1. The molecule has 1 atom stereocenters. The van der Waals surface area contributed by atoms with Crippen LogP contribution in [-0.4, -0.2) is 46.8 Å². The lowest BCUT2D eigenvalue weighted by Crippen LogP contribution is -2.44. The molecule has 2 aliphatic rings. The van der Waals surface area contributed by atoms with Crippen LogP contribution in [0.3, 0.4) is 0 Å². The van der Waals surface area contributed by atoms with E-state index in [0.29, 0.717) is 37.3 Å². The fourth-order valence-electron chi connectivity index (χ4n) is 4.16. The Bertz CT molecular complexity index is 816. The third-order valence-electron chi connectivity index (χ3n) is 5.83. The number of aryl methyl sites for hydroxylation is 1. The molecule has 1 N–H and O–H groups in total. The van der Waals surface area contributed by atoms with Crippen molar-refractivity contribution in [3.8, 4) is 5.75 Å². The molecule has 7 nitrogen and oxygen atoms in total. The Morgan fingerprint density at radius 1 is 1.28 bits per heavy atom. The van der Waals surface area contributed by atoms with Gasteiger partial charge in [0, 0.05) is 25.6 Å². The molecule has 1 saturated heterocycles. The molecule has 0 bridgehead atoms. The molecule has 2 fully saturated rings. The van der Waals surface area contributed by atoms with Gasteiger partial charge in [-0.1, -0.05) is 36.6 Å². The summed E-state index contributed by atoms with van der Waals surface area (Å²) in [6, 6.07) is 8.35. The number of carbonyl (C=O) groups is 1. The molecule has 1 aromatic carbocycles. The minimum absolute atomic E-state index is 0.0469. The fraction of sp³-hybridized carbons (Fsp3) is 0.591. The molecule has 1 aliphatic heterocycles. The van der Waals surface area contributed by atoms with E-state index in [-0.39, 0.29) is 11.9 Å². The lowest BCUT2D eigenvalue weighted by Gasteiger charge is -2.26. The van der Waals surface area contributed by atoms with E-state index in [2.05, 4.69) is 15.5 Å². The van der Waals surface area contributed by atoms with Crippen molar-refractivity contribution < 1.29 is 14.1 Å². The predicted octanol–water partition coefficient (Wildman–Crippen LogP) is 3.83. The molecule has 1 aromatic heterocycles. The van der Waals surface area contributed by atoms with E-state index in [1.54, 1.807) is 0 Å². The molecule has 29 heavy (non-hydrogen) atoms. The van der Waals surface area contributed by atoms with E-state index in [4.69, 9.17) is 9.26 Å². The summed E-state index contributed by atoms with van der Waals surface area (Å²) in [5.41, 5.74) is 1.17. The van der Waals surface area contributed by atoms with Crippen molar-refractivity contribution in [3.63, 3.8) is 0 Å². The second-order valence-corrected chi connectivity index (χ2v) is 8.18. The Labute approximate surface area is 171 Å². The van der Waals surface area contributed by atoms with E-state index in [0.717, 1.165) is 31.6 Å². The molecule has 7 heteroatoms. The van der Waals surface area contributed by atoms with E-state index < -0.39 is 0 Å². The summed E-state index contributed by atoms with van der Waals surface area (Å²) in [6.07, 6.45) is 7.36. The molecule has 156 valence electrons. The maximum absolute atomic E-state index is 12.5. The highest BCUT2D eigenvalue weighted by Crippen LogP contribution is 2.26. The van der Waals surface area contributed by atoms with Crippen LogP contribution in [0.5, 0.6) is 5.75 Å². The van der Waals surface area contributed by atoms with Crippen LogP contribution in [0.25, 0.3) is 0 Å². The highest BCUT2D eigenvalue weighted by molar-refractivity contribution is 5.75. The van der Waals surface area contributed by atoms with Gasteiger partial charge in [0.15, 0.2) is 5.82 Å². The molecule has 1 saturated carbocycles. The zero-order chi connectivity index (χ0) is 20.1. The Morgan fingerprint density at radius 2 is 2.14 bits per heavy atom. The molecule has 1 unspecified atom stereocenters. The second-order valence-electron chi connectivity index (χ2n) is 8.18. The number of hydrogen-bond acceptors (Lipinski definition) is 5. The van der Waals surface area contributed by atoms with Crippen molar-refractivity contribution >= 4 is 6.03 Å². The largest absolute Gasteiger partial charge is 0.493 e. The van der Waals surface area contributed by atoms with Crippen LogP contribution in [0.1, 0.15) is 61.7 Å². The molecule has 0 radical (unpaired) electrons. The normalized spacial score (nSPS) is 20.0. The molecule has 2 heterocycles. The number of hydrogen-bond donors (Lipinski definition) is 1. The number of carbonyl (C=O) groups excluding carboxylic acids is 1. The number of nitrogens with one attached hydrogen (secondary N) is 1. The van der Waals surface area contributed by atoms with Gasteiger partial charge in [-0.05, 0) is 43.9 Å². The maximum atomic E-state index is 12.5. The molecular weight excluding hydrogens is 368 g/mol. The molecule has 4 rings (SSSR count). The first-order valence-corrected chi connectivity index (χ1v) is 10.7. The molecule has 2 amide bonds. The molecule has 2 aromatic rings. The highest BCUT2D eigenvalue weighted by atomic mass is 16.5. The third kappa shape index (κ3) is 5.28. The first-order valence-electron chi connectivity index (χ1n) is 10.7. The number of urea groups is 1. The number of rotatable bonds is 6. The Balaban J connectivity index is 1.23. The number of benzene rings is 1. The molecule has 1 aliphatic carbocycles. The molecular formula is C22H30N4O3. The van der Waals surface area contributed by atoms with E-state index >= 15 is 0 Å². The van der Waals surface area contributed by atoms with Crippen LogP contribution in [0.4, 0.5) is 4.79 Å². The van der Waals surface area contributed by atoms with Gasteiger partial charge in [-0.25, -0.2) is 4.79 Å². The highest BCUT2D eigenvalue weighted by Gasteiger charge is 2.32. The quantitative estimate of drug-likeness (QED) is 0.800. The summed E-state index contributed by atoms with van der Waals surface area (Å²) in [5.74, 6) is 2.25. The standard InChI is InChI=1S/C22H30N4O3/c1-16-6-5-9-19(14-16)28-13-11-20-24-21(29-25-20)17-10-12-26(15-17)22(27)23-18-7-3-2-4-8-18/h5-6,9,14,17-18H,2-4,7-8,10-13,15H2,1H3,(H,23,27). The van der Waals surface area contributed by atoms with Gasteiger partial charge in [-0.2, -0.15) is 4.98 Å². The number of nitrogens with zero attached hydrogens (tertiary/aromatic N) is 3. The average molecular weight is 399 g/mol. The summed E-state index contributed by atoms with van der Waals surface area (Å²) >= 11 is 0. The number of likely N-dealkylation sites (tertiary alicyclic amines) is 1. The zero-order valence-electron chi connectivity index (χ0n) is 17.1. The Morgan fingerprint density at radius 3 is 2.97 bits per heavy atom. The minimum Gasteiger partial charge on any atom is -0.493 e. The lowest BCUT2D eigenvalue weighted by atomic mass is 9.96. The van der Waals surface area contributed by atoms with Crippen molar-refractivity contribution in [2.45, 2.75) is 63.8 Å². The van der Waals surface area contributed by atoms with Gasteiger partial charge in [0.2, 0.25) is 5.89 Å². The number of aromatic nitrogens is 2. The maximum Gasteiger partial charge on any atom is 0.317 e. The molecule has 0 spiro atoms.